The van der Waals surface area contributed by atoms with Crippen molar-refractivity contribution in [2.75, 3.05) is 19.9 Å². The fourth-order valence-electron chi connectivity index (χ4n) is 2.16. The van der Waals surface area contributed by atoms with Crippen LogP contribution in [0, 0.1) is 0 Å². The summed E-state index contributed by atoms with van der Waals surface area (Å²) in [4.78, 5) is 14.0. The lowest BCUT2D eigenvalue weighted by Gasteiger charge is -2.18. The number of hydrogen-bond acceptors (Lipinski definition) is 4. The van der Waals surface area contributed by atoms with Gasteiger partial charge in [0, 0.05) is 26.8 Å². The lowest BCUT2D eigenvalue weighted by molar-refractivity contribution is 0.0775. The monoisotopic (exact) mass is 289 g/mol. The zero-order valence-electron chi connectivity index (χ0n) is 12.3. The molecule has 0 aliphatic rings. The van der Waals surface area contributed by atoms with Gasteiger partial charge >= 0.3 is 0 Å². The Balaban J connectivity index is 2.16. The second-order valence-corrected chi connectivity index (χ2v) is 4.94. The molecule has 1 aromatic carbocycles. The van der Waals surface area contributed by atoms with Gasteiger partial charge in [-0.2, -0.15) is 0 Å². The van der Waals surface area contributed by atoms with Gasteiger partial charge in [-0.05, 0) is 23.8 Å². The summed E-state index contributed by atoms with van der Waals surface area (Å²) in [6, 6.07) is 6.66. The number of carbonyl (C=O) groups is 1. The van der Waals surface area contributed by atoms with Crippen molar-refractivity contribution in [3.05, 3.63) is 41.7 Å². The maximum atomic E-state index is 12.4. The highest BCUT2D eigenvalue weighted by molar-refractivity contribution is 5.93. The maximum absolute atomic E-state index is 12.4. The van der Waals surface area contributed by atoms with Crippen molar-refractivity contribution in [3.8, 4) is 11.5 Å². The first kappa shape index (κ1) is 14.8. The molecule has 1 amide bonds. The molecule has 6 nitrogen and oxygen atoms in total. The second kappa shape index (κ2) is 5.78. The number of amides is 1. The van der Waals surface area contributed by atoms with E-state index in [0.717, 1.165) is 5.56 Å². The molecule has 3 N–H and O–H groups in total. The molecule has 2 aromatic rings. The third kappa shape index (κ3) is 3.10. The number of aromatic hydroxyl groups is 1. The van der Waals surface area contributed by atoms with Crippen LogP contribution in [-0.4, -0.2) is 34.6 Å². The number of aromatic nitrogens is 1. The van der Waals surface area contributed by atoms with Crippen LogP contribution in [0.2, 0.25) is 0 Å². The Morgan fingerprint density at radius 2 is 2.14 bits per heavy atom. The highest BCUT2D eigenvalue weighted by Crippen LogP contribution is 2.26. The highest BCUT2D eigenvalue weighted by atomic mass is 16.5. The third-order valence-electron chi connectivity index (χ3n) is 3.26. The van der Waals surface area contributed by atoms with Gasteiger partial charge in [-0.3, -0.25) is 4.79 Å². The molecule has 2 rings (SSSR count). The maximum Gasteiger partial charge on any atom is 0.270 e. The summed E-state index contributed by atoms with van der Waals surface area (Å²) in [5.74, 6) is 0.336. The average molecular weight is 289 g/mol. The van der Waals surface area contributed by atoms with Gasteiger partial charge in [-0.25, -0.2) is 0 Å². The normalized spacial score (nSPS) is 10.4. The molecule has 1 aromatic heterocycles. The Morgan fingerprint density at radius 1 is 1.43 bits per heavy atom. The molecule has 0 unspecified atom stereocenters. The molecule has 0 saturated carbocycles. The first-order chi connectivity index (χ1) is 9.92. The molecule has 112 valence electrons. The highest BCUT2D eigenvalue weighted by Gasteiger charge is 2.16. The van der Waals surface area contributed by atoms with Gasteiger partial charge in [0.25, 0.3) is 5.91 Å². The fourth-order valence-corrected chi connectivity index (χ4v) is 2.16. The van der Waals surface area contributed by atoms with E-state index < -0.39 is 0 Å². The molecule has 0 spiro atoms. The summed E-state index contributed by atoms with van der Waals surface area (Å²) in [6.07, 6.45) is 1.70. The van der Waals surface area contributed by atoms with Crippen molar-refractivity contribution in [1.82, 2.24) is 9.47 Å². The average Bonchev–Trinajstić information content (AvgIpc) is 2.78. The predicted molar refractivity (Wildman–Crippen MR) is 80.3 cm³/mol. The van der Waals surface area contributed by atoms with Crippen LogP contribution in [-0.2, 0) is 13.6 Å². The molecule has 0 aliphatic heterocycles. The number of nitrogens with two attached hydrogens (primary N) is 1. The Morgan fingerprint density at radius 3 is 2.71 bits per heavy atom. The molecule has 0 atom stereocenters. The predicted octanol–water partition coefficient (Wildman–Crippen LogP) is 1.59. The van der Waals surface area contributed by atoms with Crippen LogP contribution in [0.25, 0.3) is 0 Å². The molecule has 0 radical (unpaired) electrons. The van der Waals surface area contributed by atoms with Crippen molar-refractivity contribution in [1.29, 1.82) is 0 Å². The third-order valence-corrected chi connectivity index (χ3v) is 3.26. The molecule has 0 aliphatic carbocycles. The first-order valence-corrected chi connectivity index (χ1v) is 6.45. The van der Waals surface area contributed by atoms with Gasteiger partial charge in [0.15, 0.2) is 11.5 Å². The molecular formula is C15H19N3O3. The first-order valence-electron chi connectivity index (χ1n) is 6.45. The Hall–Kier alpha value is -2.63. The van der Waals surface area contributed by atoms with E-state index in [1.54, 1.807) is 54.0 Å². The number of phenolic OH excluding ortho intramolecular Hbond substituents is 1. The Kier molecular flexibility index (Phi) is 4.07. The summed E-state index contributed by atoms with van der Waals surface area (Å²) in [6.45, 7) is 0.403. The molecule has 0 fully saturated rings. The minimum absolute atomic E-state index is 0.0745. The largest absolute Gasteiger partial charge is 0.504 e. The summed E-state index contributed by atoms with van der Waals surface area (Å²) < 4.78 is 6.76. The Labute approximate surface area is 123 Å². The van der Waals surface area contributed by atoms with Crippen molar-refractivity contribution in [2.45, 2.75) is 6.54 Å². The van der Waals surface area contributed by atoms with Crippen LogP contribution in [0.1, 0.15) is 16.1 Å². The zero-order valence-corrected chi connectivity index (χ0v) is 12.3. The minimum atomic E-state index is -0.124. The van der Waals surface area contributed by atoms with Gasteiger partial charge in [0.1, 0.15) is 5.69 Å². The minimum Gasteiger partial charge on any atom is -0.504 e. The number of phenols is 1. The van der Waals surface area contributed by atoms with E-state index in [0.29, 0.717) is 23.7 Å². The summed E-state index contributed by atoms with van der Waals surface area (Å²) in [5, 5.41) is 9.57. The van der Waals surface area contributed by atoms with E-state index in [1.807, 2.05) is 0 Å². The van der Waals surface area contributed by atoms with Crippen LogP contribution in [0.15, 0.2) is 30.5 Å². The number of hydrogen-bond donors (Lipinski definition) is 2. The number of rotatable bonds is 4. The van der Waals surface area contributed by atoms with E-state index in [9.17, 15) is 9.90 Å². The van der Waals surface area contributed by atoms with Crippen LogP contribution in [0.5, 0.6) is 11.5 Å². The van der Waals surface area contributed by atoms with Crippen molar-refractivity contribution in [2.24, 2.45) is 7.05 Å². The van der Waals surface area contributed by atoms with Gasteiger partial charge in [0.05, 0.1) is 12.8 Å². The van der Waals surface area contributed by atoms with Crippen LogP contribution >= 0.6 is 0 Å². The summed E-state index contributed by atoms with van der Waals surface area (Å²) in [7, 11) is 4.98. The SMILES string of the molecule is COc1cc(CN(C)C(=O)c2cc(N)cn2C)ccc1O. The van der Waals surface area contributed by atoms with E-state index in [-0.39, 0.29) is 11.7 Å². The lowest BCUT2D eigenvalue weighted by Crippen LogP contribution is -2.27. The standard InChI is InChI=1S/C15H19N3O3/c1-17-9-11(16)7-12(17)15(20)18(2)8-10-4-5-13(19)14(6-10)21-3/h4-7,9,19H,8,16H2,1-3H3. The molecule has 0 saturated heterocycles. The number of carbonyl (C=O) groups excluding carboxylic acids is 1. The van der Waals surface area contributed by atoms with E-state index in [2.05, 4.69) is 0 Å². The zero-order chi connectivity index (χ0) is 15.6. The number of methoxy groups -OCH3 is 1. The summed E-state index contributed by atoms with van der Waals surface area (Å²) in [5.41, 5.74) is 7.64. The van der Waals surface area contributed by atoms with E-state index in [4.69, 9.17) is 10.5 Å². The number of aryl methyl sites for hydroxylation is 1. The molecule has 1 heterocycles. The Bertz CT molecular complexity index is 664. The number of anilines is 1. The fraction of sp³-hybridized carbons (Fsp3) is 0.267. The van der Waals surface area contributed by atoms with E-state index >= 15 is 0 Å². The number of benzene rings is 1. The quantitative estimate of drug-likeness (QED) is 0.895. The molecular weight excluding hydrogens is 270 g/mol. The van der Waals surface area contributed by atoms with Gasteiger partial charge < -0.3 is 25.0 Å². The van der Waals surface area contributed by atoms with Crippen LogP contribution < -0.4 is 10.5 Å². The van der Waals surface area contributed by atoms with Gasteiger partial charge in [-0.15, -0.1) is 0 Å². The van der Waals surface area contributed by atoms with Crippen molar-refractivity contribution >= 4 is 11.6 Å². The molecule has 6 heteroatoms. The summed E-state index contributed by atoms with van der Waals surface area (Å²) >= 11 is 0. The smallest absolute Gasteiger partial charge is 0.270 e. The molecule has 0 bridgehead atoms. The van der Waals surface area contributed by atoms with Crippen molar-refractivity contribution < 1.29 is 14.6 Å². The van der Waals surface area contributed by atoms with Crippen LogP contribution in [0.4, 0.5) is 5.69 Å². The van der Waals surface area contributed by atoms with E-state index in [1.165, 1.54) is 7.11 Å². The lowest BCUT2D eigenvalue weighted by atomic mass is 10.2. The number of ether oxygens (including phenoxy) is 1. The number of nitrogen functional groups attached to an aromatic ring is 1. The van der Waals surface area contributed by atoms with Gasteiger partial charge in [-0.1, -0.05) is 6.07 Å². The van der Waals surface area contributed by atoms with Crippen molar-refractivity contribution in [3.63, 3.8) is 0 Å². The number of nitrogens with zero attached hydrogens (tertiary/aromatic N) is 2. The molecule has 21 heavy (non-hydrogen) atoms. The van der Waals surface area contributed by atoms with Crippen LogP contribution in [0.3, 0.4) is 0 Å². The topological polar surface area (TPSA) is 80.7 Å². The second-order valence-electron chi connectivity index (χ2n) is 4.94. The van der Waals surface area contributed by atoms with Gasteiger partial charge in [0.2, 0.25) is 0 Å².